The number of halogens is 2. The Hall–Kier alpha value is -2.15. The number of nitro groups is 1. The summed E-state index contributed by atoms with van der Waals surface area (Å²) in [6.07, 6.45) is 1.22. The van der Waals surface area contributed by atoms with Gasteiger partial charge in [-0.1, -0.05) is 29.3 Å². The number of likely N-dealkylation sites (tertiary alicyclic amines) is 1. The molecule has 148 valence electrons. The van der Waals surface area contributed by atoms with Crippen molar-refractivity contribution in [2.24, 2.45) is 0 Å². The molecule has 6 nitrogen and oxygen atoms in total. The molecule has 28 heavy (non-hydrogen) atoms. The van der Waals surface area contributed by atoms with Crippen molar-refractivity contribution in [1.82, 2.24) is 4.90 Å². The predicted octanol–water partition coefficient (Wildman–Crippen LogP) is 4.61. The molecule has 2 aromatic carbocycles. The van der Waals surface area contributed by atoms with E-state index in [1.807, 2.05) is 13.1 Å². The molecule has 0 spiro atoms. The van der Waals surface area contributed by atoms with Gasteiger partial charge in [-0.05, 0) is 68.4 Å². The normalized spacial score (nSPS) is 16.5. The van der Waals surface area contributed by atoms with E-state index in [4.69, 9.17) is 27.9 Å². The van der Waals surface area contributed by atoms with Crippen LogP contribution in [0.15, 0.2) is 42.5 Å². The molecule has 8 heteroatoms. The highest BCUT2D eigenvalue weighted by molar-refractivity contribution is 6.42. The number of nitro benzene ring substituents is 1. The van der Waals surface area contributed by atoms with Crippen LogP contribution in [0.25, 0.3) is 0 Å². The summed E-state index contributed by atoms with van der Waals surface area (Å²) in [5, 5.41) is 11.6. The second kappa shape index (κ2) is 8.47. The number of carbonyl (C=O) groups is 1. The standard InChI is InChI=1S/C20H20Cl2N2O4/c1-23-10-8-20(9-11-23,15-4-7-17(21)18(22)12-15)19(25)28-13-14-2-5-16(6-3-14)24(26)27/h2-7,12H,8-11,13H2,1H3. The third-order valence-corrected chi connectivity index (χ3v) is 5.96. The zero-order chi connectivity index (χ0) is 20.3. The van der Waals surface area contributed by atoms with Crippen LogP contribution < -0.4 is 0 Å². The van der Waals surface area contributed by atoms with Gasteiger partial charge in [0, 0.05) is 12.1 Å². The van der Waals surface area contributed by atoms with Crippen LogP contribution in [0.2, 0.25) is 10.0 Å². The third kappa shape index (κ3) is 4.29. The lowest BCUT2D eigenvalue weighted by Crippen LogP contribution is -2.47. The number of benzene rings is 2. The molecule has 0 atom stereocenters. The summed E-state index contributed by atoms with van der Waals surface area (Å²) in [5.41, 5.74) is 0.694. The van der Waals surface area contributed by atoms with Crippen LogP contribution in [0.4, 0.5) is 5.69 Å². The van der Waals surface area contributed by atoms with E-state index in [0.29, 0.717) is 28.5 Å². The molecule has 2 aromatic rings. The van der Waals surface area contributed by atoms with Gasteiger partial charge in [-0.25, -0.2) is 0 Å². The number of esters is 1. The zero-order valence-electron chi connectivity index (χ0n) is 15.4. The van der Waals surface area contributed by atoms with Gasteiger partial charge in [0.25, 0.3) is 5.69 Å². The average molecular weight is 423 g/mol. The third-order valence-electron chi connectivity index (χ3n) is 5.22. The first-order valence-electron chi connectivity index (χ1n) is 8.86. The molecule has 0 aromatic heterocycles. The Kier molecular flexibility index (Phi) is 6.23. The molecule has 1 fully saturated rings. The lowest BCUT2D eigenvalue weighted by molar-refractivity contribution is -0.384. The summed E-state index contributed by atoms with van der Waals surface area (Å²) in [6, 6.07) is 11.2. The van der Waals surface area contributed by atoms with Crippen molar-refractivity contribution in [2.75, 3.05) is 20.1 Å². The molecule has 0 unspecified atom stereocenters. The molecule has 0 amide bonds. The molecule has 1 aliphatic heterocycles. The zero-order valence-corrected chi connectivity index (χ0v) is 16.9. The topological polar surface area (TPSA) is 72.7 Å². The second-order valence-electron chi connectivity index (χ2n) is 7.01. The monoisotopic (exact) mass is 422 g/mol. The van der Waals surface area contributed by atoms with E-state index in [1.165, 1.54) is 12.1 Å². The van der Waals surface area contributed by atoms with Crippen LogP contribution in [-0.2, 0) is 21.6 Å². The molecule has 1 aliphatic rings. The minimum Gasteiger partial charge on any atom is -0.460 e. The Labute approximate surface area is 173 Å². The summed E-state index contributed by atoms with van der Waals surface area (Å²) in [6.45, 7) is 1.56. The SMILES string of the molecule is CN1CCC(C(=O)OCc2ccc([N+](=O)[O-])cc2)(c2ccc(Cl)c(Cl)c2)CC1. The Balaban J connectivity index is 1.80. The van der Waals surface area contributed by atoms with E-state index in [-0.39, 0.29) is 18.3 Å². The number of ether oxygens (including phenoxy) is 1. The average Bonchev–Trinajstić information content (AvgIpc) is 2.69. The van der Waals surface area contributed by atoms with E-state index in [1.54, 1.807) is 24.3 Å². The van der Waals surface area contributed by atoms with Crippen molar-refractivity contribution in [3.05, 3.63) is 73.8 Å². The fourth-order valence-electron chi connectivity index (χ4n) is 3.41. The van der Waals surface area contributed by atoms with Crippen molar-refractivity contribution in [3.63, 3.8) is 0 Å². The number of carbonyl (C=O) groups excluding carboxylic acids is 1. The molecule has 1 heterocycles. The van der Waals surface area contributed by atoms with Crippen LogP contribution in [0.5, 0.6) is 0 Å². The number of nitrogens with zero attached hydrogens (tertiary/aromatic N) is 2. The number of non-ortho nitro benzene ring substituents is 1. The predicted molar refractivity (Wildman–Crippen MR) is 108 cm³/mol. The van der Waals surface area contributed by atoms with Crippen molar-refractivity contribution in [2.45, 2.75) is 24.9 Å². The van der Waals surface area contributed by atoms with Gasteiger partial charge in [-0.2, -0.15) is 0 Å². The first kappa shape index (κ1) is 20.6. The van der Waals surface area contributed by atoms with Gasteiger partial charge < -0.3 is 9.64 Å². The second-order valence-corrected chi connectivity index (χ2v) is 7.83. The summed E-state index contributed by atoms with van der Waals surface area (Å²) in [5.74, 6) is -0.322. The molecular formula is C20H20Cl2N2O4. The first-order chi connectivity index (χ1) is 13.3. The minimum absolute atomic E-state index is 0.00216. The van der Waals surface area contributed by atoms with Gasteiger partial charge in [0.15, 0.2) is 0 Å². The Morgan fingerprint density at radius 2 is 1.79 bits per heavy atom. The fraction of sp³-hybridized carbons (Fsp3) is 0.350. The highest BCUT2D eigenvalue weighted by Gasteiger charge is 2.44. The van der Waals surface area contributed by atoms with Gasteiger partial charge in [0.2, 0.25) is 0 Å². The van der Waals surface area contributed by atoms with Gasteiger partial charge >= 0.3 is 5.97 Å². The first-order valence-corrected chi connectivity index (χ1v) is 9.62. The number of piperidine rings is 1. The fourth-order valence-corrected chi connectivity index (χ4v) is 3.70. The van der Waals surface area contributed by atoms with Gasteiger partial charge in [-0.3, -0.25) is 14.9 Å². The molecule has 0 bridgehead atoms. The van der Waals surface area contributed by atoms with Crippen LogP contribution in [0.3, 0.4) is 0 Å². The van der Waals surface area contributed by atoms with Crippen LogP contribution in [0.1, 0.15) is 24.0 Å². The number of hydrogen-bond donors (Lipinski definition) is 0. The summed E-state index contributed by atoms with van der Waals surface area (Å²) in [7, 11) is 2.01. The van der Waals surface area contributed by atoms with E-state index in [2.05, 4.69) is 4.90 Å². The maximum atomic E-state index is 13.1. The maximum absolute atomic E-state index is 13.1. The molecule has 0 saturated carbocycles. The number of rotatable bonds is 5. The van der Waals surface area contributed by atoms with Crippen molar-refractivity contribution in [1.29, 1.82) is 0 Å². The molecule has 0 N–H and O–H groups in total. The molecule has 0 aliphatic carbocycles. The van der Waals surface area contributed by atoms with Crippen LogP contribution in [0, 0.1) is 10.1 Å². The summed E-state index contributed by atoms with van der Waals surface area (Å²) < 4.78 is 5.63. The Morgan fingerprint density at radius 1 is 1.14 bits per heavy atom. The lowest BCUT2D eigenvalue weighted by atomic mass is 9.73. The van der Waals surface area contributed by atoms with Crippen molar-refractivity contribution >= 4 is 34.9 Å². The quantitative estimate of drug-likeness (QED) is 0.399. The summed E-state index contributed by atoms with van der Waals surface area (Å²) in [4.78, 5) is 25.6. The maximum Gasteiger partial charge on any atom is 0.316 e. The van der Waals surface area contributed by atoms with Crippen LogP contribution >= 0.6 is 23.2 Å². The van der Waals surface area contributed by atoms with Crippen LogP contribution in [-0.4, -0.2) is 35.9 Å². The molecule has 1 saturated heterocycles. The van der Waals surface area contributed by atoms with Gasteiger partial charge in [-0.15, -0.1) is 0 Å². The van der Waals surface area contributed by atoms with Gasteiger partial charge in [0.05, 0.1) is 20.4 Å². The van der Waals surface area contributed by atoms with Gasteiger partial charge in [0.1, 0.15) is 6.61 Å². The van der Waals surface area contributed by atoms with Crippen molar-refractivity contribution in [3.8, 4) is 0 Å². The van der Waals surface area contributed by atoms with E-state index >= 15 is 0 Å². The molecule has 3 rings (SSSR count). The number of hydrogen-bond acceptors (Lipinski definition) is 5. The minimum atomic E-state index is -0.790. The lowest BCUT2D eigenvalue weighted by Gasteiger charge is -2.39. The highest BCUT2D eigenvalue weighted by atomic mass is 35.5. The molecular weight excluding hydrogens is 403 g/mol. The van der Waals surface area contributed by atoms with E-state index < -0.39 is 10.3 Å². The highest BCUT2D eigenvalue weighted by Crippen LogP contribution is 2.39. The van der Waals surface area contributed by atoms with E-state index in [9.17, 15) is 14.9 Å². The smallest absolute Gasteiger partial charge is 0.316 e. The Morgan fingerprint density at radius 3 is 2.36 bits per heavy atom. The largest absolute Gasteiger partial charge is 0.460 e. The Bertz CT molecular complexity index is 878. The molecule has 0 radical (unpaired) electrons. The summed E-state index contributed by atoms with van der Waals surface area (Å²) >= 11 is 12.2. The van der Waals surface area contributed by atoms with E-state index in [0.717, 1.165) is 18.7 Å². The van der Waals surface area contributed by atoms with Crippen molar-refractivity contribution < 1.29 is 14.5 Å².